The minimum Gasteiger partial charge on any atom is -0.456 e. The van der Waals surface area contributed by atoms with Gasteiger partial charge >= 0.3 is 0 Å². The second-order valence-electron chi connectivity index (χ2n) is 25.6. The van der Waals surface area contributed by atoms with Crippen LogP contribution in [0.25, 0.3) is 168 Å². The average Bonchev–Trinajstić information content (AvgIpc) is 1.59. The largest absolute Gasteiger partial charge is 0.456 e. The lowest BCUT2D eigenvalue weighted by atomic mass is 9.99. The highest BCUT2D eigenvalue weighted by Crippen LogP contribution is 2.44. The van der Waals surface area contributed by atoms with E-state index >= 15 is 0 Å². The van der Waals surface area contributed by atoms with Gasteiger partial charge in [-0.1, -0.05) is 121 Å². The molecule has 0 aliphatic heterocycles. The van der Waals surface area contributed by atoms with Crippen LogP contribution < -0.4 is 0 Å². The summed E-state index contributed by atoms with van der Waals surface area (Å²) in [5.41, 5.74) is 13.3. The Morgan fingerprint density at radius 1 is 0.241 bits per heavy atom. The lowest BCUT2D eigenvalue weighted by Crippen LogP contribution is -1.94. The molecule has 18 heteroatoms. The van der Waals surface area contributed by atoms with Crippen molar-refractivity contribution < 1.29 is 26.4 Å². The summed E-state index contributed by atoms with van der Waals surface area (Å²) in [5, 5.41) is 52.4. The number of rotatable bonds is 8. The van der Waals surface area contributed by atoms with Gasteiger partial charge in [-0.3, -0.25) is 0 Å². The van der Waals surface area contributed by atoms with E-state index in [4.69, 9.17) is 37.3 Å². The van der Waals surface area contributed by atoms with Crippen molar-refractivity contribution in [3.05, 3.63) is 375 Å². The van der Waals surface area contributed by atoms with Crippen LogP contribution in [-0.4, -0.2) is 9.13 Å². The highest BCUT2D eigenvalue weighted by Gasteiger charge is 2.23. The van der Waals surface area contributed by atoms with Crippen molar-refractivity contribution >= 4 is 94.0 Å². The number of furan rings is 1. The van der Waals surface area contributed by atoms with Crippen molar-refractivity contribution in [2.45, 2.75) is 0 Å². The molecule has 0 radical (unpaired) electrons. The van der Waals surface area contributed by atoms with Crippen LogP contribution >= 0.6 is 0 Å². The van der Waals surface area contributed by atoms with E-state index in [1.807, 2.05) is 146 Å². The van der Waals surface area contributed by atoms with Crippen LogP contribution in [0.1, 0.15) is 27.8 Å². The van der Waals surface area contributed by atoms with Gasteiger partial charge in [0.2, 0.25) is 28.4 Å². The molecule has 0 aliphatic carbocycles. The number of nitrogens with zero attached hydrogens (tertiary/aromatic N) is 12. The molecule has 17 aromatic rings. The molecule has 0 N–H and O–H groups in total. The van der Waals surface area contributed by atoms with Gasteiger partial charge in [0.1, 0.15) is 70.6 Å². The zero-order valence-corrected chi connectivity index (χ0v) is 58.0. The fraction of sp³-hybridized carbons (Fsp3) is 0. The Morgan fingerprint density at radius 2 is 0.500 bits per heavy atom. The third kappa shape index (κ3) is 12.7. The van der Waals surface area contributed by atoms with Crippen LogP contribution in [0.4, 0.5) is 50.4 Å². The normalized spacial score (nSPS) is 10.6. The molecule has 112 heavy (non-hydrogen) atoms. The van der Waals surface area contributed by atoms with Gasteiger partial charge in [-0.2, -0.15) is 26.3 Å². The molecule has 3 aromatic heterocycles. The van der Waals surface area contributed by atoms with Gasteiger partial charge in [0.15, 0.2) is 0 Å². The SMILES string of the molecule is [C-]#[N+]c1cc(-c2ccc3c(c2)oc2cc(-c4cc(C#N)c(F)c([N+]#[C-])c4)ccc23)cc(C#N)c1F.[C-]#[N+]c1cc(-c2ccc3c4cc(-c5ccccc5)ccc4n(-c4ccccc4)c3c2)cc(C#N)c1F.[C-]#[N+]c1cc(-c2ccc3c4ccc(-c5cc(C#N)c(F)c([N+]#[C-])c5)cc4n(-c4ccccc4)c3c2)cc(C#N)c1F. The van der Waals surface area contributed by atoms with Crippen molar-refractivity contribution in [3.8, 4) is 108 Å². The van der Waals surface area contributed by atoms with Gasteiger partial charge in [-0.25, -0.2) is 46.2 Å². The molecular formula is C94H43F5N12O. The van der Waals surface area contributed by atoms with Crippen LogP contribution in [0.5, 0.6) is 0 Å². The molecule has 520 valence electrons. The number of halogens is 5. The molecule has 0 fully saturated rings. The number of fused-ring (bicyclic) bond motifs is 9. The fourth-order valence-corrected chi connectivity index (χ4v) is 13.9. The van der Waals surface area contributed by atoms with E-state index in [2.05, 4.69) is 81.9 Å². The number of hydrogen-bond acceptors (Lipinski definition) is 6. The minimum absolute atomic E-state index is 0.130. The molecule has 13 nitrogen and oxygen atoms in total. The van der Waals surface area contributed by atoms with Crippen molar-refractivity contribution in [3.63, 3.8) is 0 Å². The van der Waals surface area contributed by atoms with E-state index in [9.17, 15) is 48.3 Å². The predicted octanol–water partition coefficient (Wildman–Crippen LogP) is 26.0. The van der Waals surface area contributed by atoms with Gasteiger partial charge in [0, 0.05) is 43.7 Å². The summed E-state index contributed by atoms with van der Waals surface area (Å²) in [4.78, 5) is 16.1. The Bertz CT molecular complexity index is 6880. The van der Waals surface area contributed by atoms with Gasteiger partial charge in [-0.15, -0.1) is 0 Å². The third-order valence-corrected chi connectivity index (χ3v) is 19.3. The maximum absolute atomic E-state index is 14.4. The predicted molar refractivity (Wildman–Crippen MR) is 423 cm³/mol. The molecular weight excluding hydrogens is 1410 g/mol. The summed E-state index contributed by atoms with van der Waals surface area (Å²) in [5.74, 6) is -4.13. The highest BCUT2D eigenvalue weighted by atomic mass is 19.1. The molecule has 0 spiro atoms. The fourth-order valence-electron chi connectivity index (χ4n) is 13.9. The smallest absolute Gasteiger partial charge is 0.224 e. The summed E-state index contributed by atoms with van der Waals surface area (Å²) in [6, 6.07) is 88.4. The first-order chi connectivity index (χ1) is 54.6. The van der Waals surface area contributed by atoms with E-state index in [-0.39, 0.29) is 56.3 Å². The molecule has 17 rings (SSSR count). The second kappa shape index (κ2) is 29.5. The standard InChI is InChI=1S/C34H15F2N5.C32H18FN3.C28H10F2N4O/c1-39-29-14-22(12-24(18-37)33(29)35)20-8-10-27-28-11-9-21(23-13-25(19-38)34(36)30(15-23)40-2)17-32(28)41(31(27)16-20)26-6-4-3-5-7-26;1-35-29-18-24(16-25(20-34)32(29)33)23-12-14-27-28-17-22(21-8-4-2-5-9-21)13-15-30(28)36(31(27)19-23)26-10-6-3-7-11-26;1-33-23-9-17(7-19(13-31)27(23)29)15-3-5-21-22-6-4-16(12-26(22)35-25(21)11-15)18-8-20(14-32)28(30)24(10-18)34-2/h3-17H;2-19H;3-12H. The number of para-hydroxylation sites is 2. The Kier molecular flexibility index (Phi) is 18.6. The van der Waals surface area contributed by atoms with Crippen molar-refractivity contribution in [1.82, 2.24) is 9.13 Å². The minimum atomic E-state index is -0.842. The first kappa shape index (κ1) is 70.7. The maximum atomic E-state index is 14.4. The summed E-state index contributed by atoms with van der Waals surface area (Å²) in [6.07, 6.45) is 0. The average molecular weight is 1450 g/mol. The third-order valence-electron chi connectivity index (χ3n) is 19.3. The number of hydrogen-bond donors (Lipinski definition) is 0. The lowest BCUT2D eigenvalue weighted by molar-refractivity contribution is 0.629. The maximum Gasteiger partial charge on any atom is 0.224 e. The first-order valence-corrected chi connectivity index (χ1v) is 34.0. The van der Waals surface area contributed by atoms with Crippen molar-refractivity contribution in [1.29, 1.82) is 26.3 Å². The molecule has 0 amide bonds. The first-order valence-electron chi connectivity index (χ1n) is 34.0. The topological polar surface area (TPSA) is 164 Å². The van der Waals surface area contributed by atoms with E-state index < -0.39 is 29.1 Å². The summed E-state index contributed by atoms with van der Waals surface area (Å²) in [7, 11) is 0. The molecule has 0 aliphatic rings. The van der Waals surface area contributed by atoms with Gasteiger partial charge < -0.3 is 13.6 Å². The number of aromatic nitrogens is 2. The summed E-state index contributed by atoms with van der Waals surface area (Å²) in [6.45, 7) is 36.4. The Balaban J connectivity index is 0.000000133. The van der Waals surface area contributed by atoms with Crippen LogP contribution in [0, 0.1) is 119 Å². The van der Waals surface area contributed by atoms with E-state index in [1.165, 1.54) is 60.7 Å². The highest BCUT2D eigenvalue weighted by molar-refractivity contribution is 6.13. The van der Waals surface area contributed by atoms with Crippen LogP contribution in [0.15, 0.2) is 265 Å². The molecule has 0 saturated carbocycles. The monoisotopic (exact) mass is 1450 g/mol. The molecule has 3 heterocycles. The Hall–Kier alpha value is -17.0. The summed E-state index contributed by atoms with van der Waals surface area (Å²) < 4.78 is 81.9. The lowest BCUT2D eigenvalue weighted by Gasteiger charge is -2.11. The molecule has 0 saturated heterocycles. The van der Waals surface area contributed by atoms with Gasteiger partial charge in [0.05, 0.1) is 82.7 Å². The molecule has 0 unspecified atom stereocenters. The van der Waals surface area contributed by atoms with Crippen molar-refractivity contribution in [2.75, 3.05) is 0 Å². The molecule has 14 aromatic carbocycles. The van der Waals surface area contributed by atoms with Crippen molar-refractivity contribution in [2.24, 2.45) is 0 Å². The van der Waals surface area contributed by atoms with Crippen LogP contribution in [-0.2, 0) is 0 Å². The molecule has 0 atom stereocenters. The Labute approximate surface area is 635 Å². The van der Waals surface area contributed by atoms with E-state index in [0.29, 0.717) is 61.2 Å². The van der Waals surface area contributed by atoms with Gasteiger partial charge in [0.25, 0.3) is 0 Å². The second-order valence-corrected chi connectivity index (χ2v) is 25.6. The summed E-state index contributed by atoms with van der Waals surface area (Å²) >= 11 is 0. The van der Waals surface area contributed by atoms with E-state index in [1.54, 1.807) is 36.4 Å². The number of benzene rings is 14. The zero-order chi connectivity index (χ0) is 78.0. The Morgan fingerprint density at radius 3 is 0.804 bits per heavy atom. The van der Waals surface area contributed by atoms with Gasteiger partial charge in [-0.05, 0) is 206 Å². The van der Waals surface area contributed by atoms with Crippen LogP contribution in [0.2, 0.25) is 0 Å². The number of nitriles is 5. The van der Waals surface area contributed by atoms with Crippen LogP contribution in [0.3, 0.4) is 0 Å². The zero-order valence-electron chi connectivity index (χ0n) is 58.0. The molecule has 0 bridgehead atoms. The van der Waals surface area contributed by atoms with E-state index in [0.717, 1.165) is 82.4 Å². The quantitative estimate of drug-likeness (QED) is 0.109.